The molecule has 1 aromatic heterocycles. The molecule has 3 N–H and O–H groups in total. The lowest BCUT2D eigenvalue weighted by Crippen LogP contribution is -2.65. The number of ketones is 1. The fraction of sp³-hybridized carbons (Fsp3) is 0.429. The molecule has 1 saturated heterocycles. The van der Waals surface area contributed by atoms with Crippen LogP contribution in [0, 0.1) is 49.3 Å². The van der Waals surface area contributed by atoms with Crippen LogP contribution in [-0.2, 0) is 32.7 Å². The summed E-state index contributed by atoms with van der Waals surface area (Å²) in [6.45, 7) is 6.59. The third kappa shape index (κ3) is 5.65. The number of aromatic nitrogens is 1. The van der Waals surface area contributed by atoms with Crippen LogP contribution in [0.4, 0.5) is 10.1 Å². The maximum atomic E-state index is 13.7. The van der Waals surface area contributed by atoms with Gasteiger partial charge in [-0.05, 0) is 43.5 Å². The minimum Gasteiger partial charge on any atom is -0.443 e. The summed E-state index contributed by atoms with van der Waals surface area (Å²) in [5.74, 6) is -0.768. The molecule has 1 atom stereocenters. The first-order valence-corrected chi connectivity index (χ1v) is 12.3. The molecule has 0 spiro atoms. The van der Waals surface area contributed by atoms with E-state index < -0.39 is 41.8 Å². The summed E-state index contributed by atoms with van der Waals surface area (Å²) in [7, 11) is 1.75. The Morgan fingerprint density at radius 1 is 1.33 bits per heavy atom. The molecular weight excluding hydrogens is 505 g/mol. The Bertz CT molecular complexity index is 1380. The van der Waals surface area contributed by atoms with Gasteiger partial charge in [0.15, 0.2) is 12.3 Å². The highest BCUT2D eigenvalue weighted by atomic mass is 19.1. The van der Waals surface area contributed by atoms with Crippen molar-refractivity contribution >= 4 is 23.3 Å². The molecule has 1 aromatic carbocycles. The lowest BCUT2D eigenvalue weighted by atomic mass is 9.94. The molecule has 3 rings (SSSR count). The SMILES string of the molecule is C#CC1(N(COC(=O)C(N)C(C)C)C(=O)C(=O)c2c(C)c(CNc3ccc(F)c(C#N)c3)n(C)c2C)COC1. The number of carbonyl (C=O) groups excluding carboxylic acids is 3. The van der Waals surface area contributed by atoms with Gasteiger partial charge in [-0.2, -0.15) is 5.26 Å². The van der Waals surface area contributed by atoms with E-state index in [1.54, 1.807) is 45.4 Å². The summed E-state index contributed by atoms with van der Waals surface area (Å²) in [5.41, 5.74) is 7.03. The molecular formula is C28H32FN5O5. The van der Waals surface area contributed by atoms with Crippen molar-refractivity contribution in [2.75, 3.05) is 25.3 Å². The Kier molecular flexibility index (Phi) is 8.80. The molecule has 0 aliphatic carbocycles. The third-order valence-corrected chi connectivity index (χ3v) is 7.08. The van der Waals surface area contributed by atoms with Gasteiger partial charge >= 0.3 is 5.97 Å². The topological polar surface area (TPSA) is 140 Å². The Balaban J connectivity index is 1.87. The van der Waals surface area contributed by atoms with Gasteiger partial charge in [-0.15, -0.1) is 6.42 Å². The zero-order chi connectivity index (χ0) is 29.1. The van der Waals surface area contributed by atoms with Crippen LogP contribution in [-0.4, -0.2) is 58.7 Å². The van der Waals surface area contributed by atoms with Gasteiger partial charge in [0.25, 0.3) is 11.7 Å². The highest BCUT2D eigenvalue weighted by molar-refractivity contribution is 6.43. The van der Waals surface area contributed by atoms with E-state index in [9.17, 15) is 18.8 Å². The van der Waals surface area contributed by atoms with Crippen molar-refractivity contribution in [1.29, 1.82) is 5.26 Å². The van der Waals surface area contributed by atoms with Gasteiger partial charge in [0.1, 0.15) is 17.9 Å². The number of hydrogen-bond donors (Lipinski definition) is 2. The number of halogens is 1. The number of benzene rings is 1. The van der Waals surface area contributed by atoms with Gasteiger partial charge in [-0.25, -0.2) is 4.39 Å². The fourth-order valence-electron chi connectivity index (χ4n) is 4.24. The standard InChI is InChI=1S/C28H32FN5O5/c1-7-28(13-38-14-28)34(15-39-27(37)24(31)16(2)3)26(36)25(35)23-17(4)22(33(6)18(23)5)12-32-20-8-9-21(29)19(10-20)11-30/h1,8-10,16,24,32H,12-15,31H2,2-6H3. The second-order valence-electron chi connectivity index (χ2n) is 9.84. The number of terminal acetylenes is 1. The van der Waals surface area contributed by atoms with Crippen molar-refractivity contribution in [2.24, 2.45) is 18.7 Å². The number of amides is 1. The van der Waals surface area contributed by atoms with Crippen LogP contribution in [0.15, 0.2) is 18.2 Å². The number of ether oxygens (including phenoxy) is 2. The lowest BCUT2D eigenvalue weighted by Gasteiger charge is -2.44. The van der Waals surface area contributed by atoms with E-state index in [2.05, 4.69) is 11.2 Å². The van der Waals surface area contributed by atoms with Crippen LogP contribution in [0.2, 0.25) is 0 Å². The Labute approximate surface area is 226 Å². The van der Waals surface area contributed by atoms with Crippen LogP contribution < -0.4 is 11.1 Å². The van der Waals surface area contributed by atoms with Crippen LogP contribution in [0.5, 0.6) is 0 Å². The predicted octanol–water partition coefficient (Wildman–Crippen LogP) is 2.16. The van der Waals surface area contributed by atoms with Crippen LogP contribution in [0.3, 0.4) is 0 Å². The second kappa shape index (κ2) is 11.7. The molecule has 39 heavy (non-hydrogen) atoms. The Morgan fingerprint density at radius 3 is 2.54 bits per heavy atom. The highest BCUT2D eigenvalue weighted by Gasteiger charge is 2.48. The Morgan fingerprint density at radius 2 is 2.00 bits per heavy atom. The van der Waals surface area contributed by atoms with Gasteiger partial charge in [-0.1, -0.05) is 19.8 Å². The largest absolute Gasteiger partial charge is 0.443 e. The molecule has 0 saturated carbocycles. The van der Waals surface area contributed by atoms with Crippen molar-refractivity contribution in [3.63, 3.8) is 0 Å². The van der Waals surface area contributed by atoms with E-state index in [0.29, 0.717) is 22.6 Å². The van der Waals surface area contributed by atoms with E-state index in [-0.39, 0.29) is 36.8 Å². The van der Waals surface area contributed by atoms with E-state index in [1.807, 2.05) is 0 Å². The first-order chi connectivity index (χ1) is 18.4. The Hall–Kier alpha value is -4.19. The number of nitrogens with zero attached hydrogens (tertiary/aromatic N) is 3. The van der Waals surface area contributed by atoms with Gasteiger partial charge in [-0.3, -0.25) is 19.3 Å². The van der Waals surface area contributed by atoms with Crippen molar-refractivity contribution in [2.45, 2.75) is 45.8 Å². The third-order valence-electron chi connectivity index (χ3n) is 7.08. The number of nitriles is 1. The van der Waals surface area contributed by atoms with E-state index in [4.69, 9.17) is 26.9 Å². The molecule has 1 unspecified atom stereocenters. The summed E-state index contributed by atoms with van der Waals surface area (Å²) >= 11 is 0. The molecule has 10 nitrogen and oxygen atoms in total. The normalized spacial score (nSPS) is 14.5. The smallest absolute Gasteiger partial charge is 0.324 e. The molecule has 1 aliphatic rings. The monoisotopic (exact) mass is 537 g/mol. The zero-order valence-corrected chi connectivity index (χ0v) is 22.6. The quantitative estimate of drug-likeness (QED) is 0.155. The molecule has 1 amide bonds. The predicted molar refractivity (Wildman–Crippen MR) is 141 cm³/mol. The first kappa shape index (κ1) is 29.4. The van der Waals surface area contributed by atoms with Gasteiger partial charge in [0, 0.05) is 24.1 Å². The molecule has 0 bridgehead atoms. The molecule has 2 aromatic rings. The first-order valence-electron chi connectivity index (χ1n) is 12.3. The number of anilines is 1. The molecule has 206 valence electrons. The maximum Gasteiger partial charge on any atom is 0.324 e. The number of carbonyl (C=O) groups is 3. The number of hydrogen-bond acceptors (Lipinski definition) is 8. The van der Waals surface area contributed by atoms with Crippen molar-refractivity contribution < 1.29 is 28.2 Å². The van der Waals surface area contributed by atoms with Gasteiger partial charge in [0.2, 0.25) is 0 Å². The van der Waals surface area contributed by atoms with Crippen LogP contribution in [0.25, 0.3) is 0 Å². The van der Waals surface area contributed by atoms with Crippen molar-refractivity contribution in [3.05, 3.63) is 52.1 Å². The average molecular weight is 538 g/mol. The van der Waals surface area contributed by atoms with Gasteiger partial charge in [0.05, 0.1) is 30.9 Å². The number of esters is 1. The molecule has 0 radical (unpaired) electrons. The minimum absolute atomic E-state index is 0.0133. The second-order valence-corrected chi connectivity index (χ2v) is 9.84. The summed E-state index contributed by atoms with van der Waals surface area (Å²) in [6.07, 6.45) is 5.72. The number of nitrogens with two attached hydrogens (primary N) is 1. The average Bonchev–Trinajstić information content (AvgIpc) is 3.10. The fourth-order valence-corrected chi connectivity index (χ4v) is 4.24. The van der Waals surface area contributed by atoms with E-state index >= 15 is 0 Å². The summed E-state index contributed by atoms with van der Waals surface area (Å²) < 4.78 is 26.0. The molecule has 2 heterocycles. The van der Waals surface area contributed by atoms with Crippen LogP contribution in [0.1, 0.15) is 46.7 Å². The van der Waals surface area contributed by atoms with Crippen LogP contribution >= 0.6 is 0 Å². The lowest BCUT2D eigenvalue weighted by molar-refractivity contribution is -0.173. The van der Waals surface area contributed by atoms with Crippen molar-refractivity contribution in [3.8, 4) is 18.4 Å². The van der Waals surface area contributed by atoms with Crippen molar-refractivity contribution in [1.82, 2.24) is 9.47 Å². The maximum absolute atomic E-state index is 13.7. The number of rotatable bonds is 10. The molecule has 11 heteroatoms. The summed E-state index contributed by atoms with van der Waals surface area (Å²) in [6, 6.07) is 4.97. The number of Topliss-reactive ketones (excluding diaryl/α,β-unsaturated/α-hetero) is 1. The van der Waals surface area contributed by atoms with Gasteiger partial charge < -0.3 is 25.1 Å². The minimum atomic E-state index is -1.24. The van der Waals surface area contributed by atoms with E-state index in [1.165, 1.54) is 18.2 Å². The molecule has 1 aliphatic heterocycles. The molecule has 1 fully saturated rings. The summed E-state index contributed by atoms with van der Waals surface area (Å²) in [5, 5.41) is 12.2. The number of nitrogens with one attached hydrogen (secondary N) is 1. The highest BCUT2D eigenvalue weighted by Crippen LogP contribution is 2.28. The van der Waals surface area contributed by atoms with E-state index in [0.717, 1.165) is 4.90 Å². The summed E-state index contributed by atoms with van der Waals surface area (Å²) in [4.78, 5) is 40.6. The zero-order valence-electron chi connectivity index (χ0n) is 22.6.